The van der Waals surface area contributed by atoms with Crippen LogP contribution in [0.5, 0.6) is 0 Å². The van der Waals surface area contributed by atoms with Crippen LogP contribution in [0.4, 0.5) is 5.69 Å². The van der Waals surface area contributed by atoms with Gasteiger partial charge >= 0.3 is 0 Å². The molecule has 1 unspecified atom stereocenters. The predicted octanol–water partition coefficient (Wildman–Crippen LogP) is 3.88. The highest BCUT2D eigenvalue weighted by Crippen LogP contribution is 2.20. The molecule has 0 aromatic heterocycles. The molecule has 0 saturated carbocycles. The smallest absolute Gasteiger partial charge is 0.179 e. The van der Waals surface area contributed by atoms with Crippen molar-refractivity contribution in [2.75, 3.05) is 31.6 Å². The third kappa shape index (κ3) is 4.25. The summed E-state index contributed by atoms with van der Waals surface area (Å²) < 4.78 is 1.05. The van der Waals surface area contributed by atoms with E-state index in [1.807, 2.05) is 29.2 Å². The normalized spacial score (nSPS) is 22.1. The Morgan fingerprint density at radius 2 is 1.96 bits per heavy atom. The van der Waals surface area contributed by atoms with E-state index in [0.29, 0.717) is 11.2 Å². The van der Waals surface area contributed by atoms with Crippen molar-refractivity contribution in [1.29, 1.82) is 0 Å². The highest BCUT2D eigenvalue weighted by Gasteiger charge is 2.30. The predicted molar refractivity (Wildman–Crippen MR) is 111 cm³/mol. The minimum atomic E-state index is 0.642. The zero-order valence-corrected chi connectivity index (χ0v) is 17.1. The van der Waals surface area contributed by atoms with Crippen LogP contribution < -0.4 is 5.32 Å². The minimum absolute atomic E-state index is 0.642. The van der Waals surface area contributed by atoms with Gasteiger partial charge in [-0.05, 0) is 68.5 Å². The number of benzene rings is 1. The van der Waals surface area contributed by atoms with Gasteiger partial charge in [0.25, 0.3) is 0 Å². The fourth-order valence-electron chi connectivity index (χ4n) is 3.21. The van der Waals surface area contributed by atoms with E-state index in [1.54, 1.807) is 0 Å². The molecule has 0 bridgehead atoms. The Labute approximate surface area is 163 Å². The summed E-state index contributed by atoms with van der Waals surface area (Å²) in [4.78, 5) is 6.83. The Bertz CT molecular complexity index is 607. The first-order chi connectivity index (χ1) is 11.5. The van der Waals surface area contributed by atoms with Crippen LogP contribution in [0.25, 0.3) is 0 Å². The molecular formula is C17H23BrN4S2. The summed E-state index contributed by atoms with van der Waals surface area (Å²) in [5.41, 5.74) is 0.981. The molecule has 1 aromatic carbocycles. The van der Waals surface area contributed by atoms with Crippen LogP contribution in [0.3, 0.4) is 0 Å². The van der Waals surface area contributed by atoms with Gasteiger partial charge in [-0.25, -0.2) is 0 Å². The number of hydrogen-bond acceptors (Lipinski definition) is 3. The molecule has 0 amide bonds. The molecule has 0 spiro atoms. The van der Waals surface area contributed by atoms with E-state index in [0.717, 1.165) is 35.0 Å². The lowest BCUT2D eigenvalue weighted by molar-refractivity contribution is 0.114. The van der Waals surface area contributed by atoms with Crippen molar-refractivity contribution in [3.8, 4) is 0 Å². The van der Waals surface area contributed by atoms with Crippen molar-refractivity contribution in [1.82, 2.24) is 14.7 Å². The van der Waals surface area contributed by atoms with Crippen LogP contribution in [0.15, 0.2) is 28.7 Å². The van der Waals surface area contributed by atoms with Gasteiger partial charge in [-0.15, -0.1) is 0 Å². The molecule has 2 fully saturated rings. The molecule has 1 atom stereocenters. The van der Waals surface area contributed by atoms with E-state index in [2.05, 4.69) is 38.0 Å². The number of rotatable bonds is 3. The van der Waals surface area contributed by atoms with Crippen molar-refractivity contribution < 1.29 is 0 Å². The van der Waals surface area contributed by atoms with Crippen molar-refractivity contribution in [3.63, 3.8) is 0 Å². The van der Waals surface area contributed by atoms with E-state index in [1.165, 1.54) is 25.8 Å². The van der Waals surface area contributed by atoms with Crippen molar-refractivity contribution in [2.24, 2.45) is 0 Å². The Hall–Kier alpha value is -0.760. The van der Waals surface area contributed by atoms with Crippen LogP contribution in [0, 0.1) is 0 Å². The summed E-state index contributed by atoms with van der Waals surface area (Å²) in [6.45, 7) is 6.18. The molecule has 4 nitrogen and oxygen atoms in total. The van der Waals surface area contributed by atoms with Gasteiger partial charge in [0.1, 0.15) is 0 Å². The number of nitrogens with one attached hydrogen (secondary N) is 1. The Morgan fingerprint density at radius 3 is 2.67 bits per heavy atom. The Kier molecular flexibility index (Phi) is 6.07. The SMILES string of the molecule is CC1CCCCN1CN1CCN(C(=S)Nc2ccc(Br)cc2)C1=S. The fourth-order valence-corrected chi connectivity index (χ4v) is 4.16. The van der Waals surface area contributed by atoms with Crippen LogP contribution in [0.2, 0.25) is 0 Å². The van der Waals surface area contributed by atoms with Gasteiger partial charge < -0.3 is 10.2 Å². The number of anilines is 1. The van der Waals surface area contributed by atoms with Crippen LogP contribution in [-0.4, -0.2) is 57.3 Å². The highest BCUT2D eigenvalue weighted by atomic mass is 79.9. The van der Waals surface area contributed by atoms with Gasteiger partial charge in [0.05, 0.1) is 6.67 Å². The fraction of sp³-hybridized carbons (Fsp3) is 0.529. The maximum atomic E-state index is 5.67. The monoisotopic (exact) mass is 426 g/mol. The summed E-state index contributed by atoms with van der Waals surface area (Å²) in [6, 6.07) is 8.64. The quantitative estimate of drug-likeness (QED) is 0.735. The molecule has 2 aliphatic rings. The van der Waals surface area contributed by atoms with E-state index in [9.17, 15) is 0 Å². The van der Waals surface area contributed by atoms with Gasteiger partial charge in [0.2, 0.25) is 0 Å². The van der Waals surface area contributed by atoms with E-state index >= 15 is 0 Å². The lowest BCUT2D eigenvalue weighted by Gasteiger charge is -2.36. The standard InChI is InChI=1S/C17H23BrN4S2/c1-13-4-2-3-9-20(13)12-21-10-11-22(17(21)24)16(23)19-15-7-5-14(18)6-8-15/h5-8,13H,2-4,9-12H2,1H3,(H,19,23). The molecule has 2 heterocycles. The van der Waals surface area contributed by atoms with Crippen LogP contribution in [0.1, 0.15) is 26.2 Å². The molecule has 2 saturated heterocycles. The number of nitrogens with zero attached hydrogens (tertiary/aromatic N) is 3. The second kappa shape index (κ2) is 8.08. The molecule has 0 aliphatic carbocycles. The average molecular weight is 427 g/mol. The summed E-state index contributed by atoms with van der Waals surface area (Å²) in [7, 11) is 0. The Balaban J connectivity index is 1.56. The lowest BCUT2D eigenvalue weighted by atomic mass is 10.0. The van der Waals surface area contributed by atoms with E-state index < -0.39 is 0 Å². The molecule has 1 aromatic rings. The van der Waals surface area contributed by atoms with Gasteiger partial charge in [0.15, 0.2) is 10.2 Å². The van der Waals surface area contributed by atoms with Crippen molar-refractivity contribution in [2.45, 2.75) is 32.2 Å². The topological polar surface area (TPSA) is 21.8 Å². The lowest BCUT2D eigenvalue weighted by Crippen LogP contribution is -2.47. The Morgan fingerprint density at radius 1 is 1.21 bits per heavy atom. The van der Waals surface area contributed by atoms with Crippen molar-refractivity contribution >= 4 is 56.3 Å². The summed E-state index contributed by atoms with van der Waals surface area (Å²) >= 11 is 14.7. The molecule has 130 valence electrons. The minimum Gasteiger partial charge on any atom is -0.334 e. The third-order valence-electron chi connectivity index (χ3n) is 4.73. The first-order valence-electron chi connectivity index (χ1n) is 8.41. The number of likely N-dealkylation sites (tertiary alicyclic amines) is 1. The van der Waals surface area contributed by atoms with Gasteiger partial charge in [-0.1, -0.05) is 22.4 Å². The zero-order valence-electron chi connectivity index (χ0n) is 13.9. The maximum Gasteiger partial charge on any atom is 0.179 e. The van der Waals surface area contributed by atoms with Crippen LogP contribution >= 0.6 is 40.4 Å². The summed E-state index contributed by atoms with van der Waals surface area (Å²) in [5.74, 6) is 0. The van der Waals surface area contributed by atoms with Gasteiger partial charge in [0, 0.05) is 35.8 Å². The van der Waals surface area contributed by atoms with Gasteiger partial charge in [-0.3, -0.25) is 9.80 Å². The van der Waals surface area contributed by atoms with Crippen LogP contribution in [-0.2, 0) is 0 Å². The molecule has 7 heteroatoms. The molecule has 24 heavy (non-hydrogen) atoms. The first kappa shape index (κ1) is 18.0. The molecule has 0 radical (unpaired) electrons. The molecular weight excluding hydrogens is 404 g/mol. The number of piperidine rings is 1. The number of thiocarbonyl (C=S) groups is 2. The maximum absolute atomic E-state index is 5.67. The number of halogens is 1. The van der Waals surface area contributed by atoms with Crippen molar-refractivity contribution in [3.05, 3.63) is 28.7 Å². The first-order valence-corrected chi connectivity index (χ1v) is 10.0. The average Bonchev–Trinajstić information content (AvgIpc) is 2.93. The van der Waals surface area contributed by atoms with Gasteiger partial charge in [-0.2, -0.15) is 0 Å². The highest BCUT2D eigenvalue weighted by molar-refractivity contribution is 9.10. The third-order valence-corrected chi connectivity index (χ3v) is 6.06. The summed E-state index contributed by atoms with van der Waals surface area (Å²) in [5, 5.41) is 4.80. The zero-order chi connectivity index (χ0) is 17.1. The largest absolute Gasteiger partial charge is 0.334 e. The van der Waals surface area contributed by atoms with E-state index in [4.69, 9.17) is 24.4 Å². The molecule has 2 aliphatic heterocycles. The molecule has 3 rings (SSSR count). The van der Waals surface area contributed by atoms with E-state index in [-0.39, 0.29) is 0 Å². The second-order valence-electron chi connectivity index (χ2n) is 6.43. The summed E-state index contributed by atoms with van der Waals surface area (Å²) in [6.07, 6.45) is 3.92. The molecule has 1 N–H and O–H groups in total. The number of hydrogen-bond donors (Lipinski definition) is 1. The second-order valence-corrected chi connectivity index (χ2v) is 8.10.